The van der Waals surface area contributed by atoms with Crippen LogP contribution < -0.4 is 10.6 Å². The van der Waals surface area contributed by atoms with E-state index in [1.54, 1.807) is 6.20 Å². The van der Waals surface area contributed by atoms with E-state index in [0.717, 1.165) is 16.9 Å². The van der Waals surface area contributed by atoms with Crippen molar-refractivity contribution in [2.24, 2.45) is 0 Å². The average Bonchev–Trinajstić information content (AvgIpc) is 2.70. The monoisotopic (exact) mass is 218 g/mol. The largest absolute Gasteiger partial charge is 0.367 e. The highest BCUT2D eigenvalue weighted by atomic mass is 15.2. The molecule has 0 radical (unpaired) electrons. The van der Waals surface area contributed by atoms with Crippen molar-refractivity contribution in [3.63, 3.8) is 0 Å². The number of nitrogens with one attached hydrogen (secondary N) is 3. The van der Waals surface area contributed by atoms with E-state index >= 15 is 0 Å². The first-order chi connectivity index (χ1) is 7.86. The fraction of sp³-hybridized carbons (Fsp3) is 0.500. The highest BCUT2D eigenvalue weighted by molar-refractivity contribution is 5.87. The molecule has 2 aromatic heterocycles. The van der Waals surface area contributed by atoms with Gasteiger partial charge in [0, 0.05) is 13.1 Å². The summed E-state index contributed by atoms with van der Waals surface area (Å²) in [5.41, 5.74) is 0.765. The van der Waals surface area contributed by atoms with Crippen LogP contribution in [0.3, 0.4) is 0 Å². The van der Waals surface area contributed by atoms with Gasteiger partial charge in [0.2, 0.25) is 5.95 Å². The summed E-state index contributed by atoms with van der Waals surface area (Å²) in [6, 6.07) is 0.553. The zero-order valence-electron chi connectivity index (χ0n) is 9.12. The van der Waals surface area contributed by atoms with Crippen molar-refractivity contribution in [3.8, 4) is 0 Å². The number of nitrogens with zero attached hydrogens (tertiary/aromatic N) is 3. The molecule has 3 N–H and O–H groups in total. The lowest BCUT2D eigenvalue weighted by atomic mass is 9.93. The van der Waals surface area contributed by atoms with Crippen LogP contribution in [0.4, 0.5) is 11.8 Å². The number of fused-ring (bicyclic) bond motifs is 1. The number of hydrogen-bond donors (Lipinski definition) is 3. The lowest BCUT2D eigenvalue weighted by Gasteiger charge is -2.27. The number of aromatic nitrogens is 4. The second-order valence-electron chi connectivity index (χ2n) is 4.05. The van der Waals surface area contributed by atoms with Crippen molar-refractivity contribution >= 4 is 22.8 Å². The Balaban J connectivity index is 2.01. The number of anilines is 2. The molecule has 16 heavy (non-hydrogen) atoms. The number of H-pyrrole nitrogens is 1. The van der Waals surface area contributed by atoms with Gasteiger partial charge in [0.1, 0.15) is 5.82 Å². The Kier molecular flexibility index (Phi) is 2.12. The molecule has 0 atom stereocenters. The van der Waals surface area contributed by atoms with Crippen LogP contribution in [-0.2, 0) is 0 Å². The zero-order chi connectivity index (χ0) is 11.0. The second kappa shape index (κ2) is 3.62. The van der Waals surface area contributed by atoms with E-state index < -0.39 is 0 Å². The highest BCUT2D eigenvalue weighted by Crippen LogP contribution is 2.26. The maximum atomic E-state index is 4.42. The van der Waals surface area contributed by atoms with Crippen molar-refractivity contribution in [1.82, 2.24) is 20.2 Å². The van der Waals surface area contributed by atoms with Gasteiger partial charge < -0.3 is 10.6 Å². The van der Waals surface area contributed by atoms with Gasteiger partial charge in [0.15, 0.2) is 5.65 Å². The maximum Gasteiger partial charge on any atom is 0.226 e. The van der Waals surface area contributed by atoms with Gasteiger partial charge in [-0.15, -0.1) is 0 Å². The molecule has 3 rings (SSSR count). The van der Waals surface area contributed by atoms with Crippen LogP contribution in [-0.4, -0.2) is 33.3 Å². The van der Waals surface area contributed by atoms with Gasteiger partial charge in [-0.3, -0.25) is 5.10 Å². The van der Waals surface area contributed by atoms with E-state index in [-0.39, 0.29) is 0 Å². The van der Waals surface area contributed by atoms with Crippen molar-refractivity contribution in [2.45, 2.75) is 25.3 Å². The summed E-state index contributed by atoms with van der Waals surface area (Å²) in [7, 11) is 1.81. The van der Waals surface area contributed by atoms with Gasteiger partial charge in [-0.2, -0.15) is 15.1 Å². The van der Waals surface area contributed by atoms with Gasteiger partial charge in [-0.1, -0.05) is 0 Å². The molecular formula is C10H14N6. The van der Waals surface area contributed by atoms with Gasteiger partial charge in [0.05, 0.1) is 11.6 Å². The molecule has 84 valence electrons. The van der Waals surface area contributed by atoms with Crippen molar-refractivity contribution in [1.29, 1.82) is 0 Å². The number of aromatic amines is 1. The molecule has 2 aromatic rings. The molecule has 0 saturated heterocycles. The summed E-state index contributed by atoms with van der Waals surface area (Å²) in [4.78, 5) is 8.71. The van der Waals surface area contributed by atoms with Crippen LogP contribution in [0.15, 0.2) is 6.20 Å². The molecule has 0 amide bonds. The van der Waals surface area contributed by atoms with Gasteiger partial charge >= 0.3 is 0 Å². The first-order valence-corrected chi connectivity index (χ1v) is 5.52. The van der Waals surface area contributed by atoms with E-state index in [1.807, 2.05) is 7.05 Å². The van der Waals surface area contributed by atoms with Crippen LogP contribution in [0.2, 0.25) is 0 Å². The third kappa shape index (κ3) is 1.46. The molecule has 2 heterocycles. The van der Waals surface area contributed by atoms with Crippen LogP contribution in [0.25, 0.3) is 11.0 Å². The van der Waals surface area contributed by atoms with E-state index in [9.17, 15) is 0 Å². The van der Waals surface area contributed by atoms with Gasteiger partial charge in [0.25, 0.3) is 0 Å². The predicted octanol–water partition coefficient (Wildman–Crippen LogP) is 1.36. The maximum absolute atomic E-state index is 4.42. The Hall–Kier alpha value is -1.85. The molecular weight excluding hydrogens is 204 g/mol. The summed E-state index contributed by atoms with van der Waals surface area (Å²) in [5, 5.41) is 14.2. The minimum absolute atomic E-state index is 0.553. The van der Waals surface area contributed by atoms with E-state index in [1.165, 1.54) is 19.3 Å². The molecule has 0 unspecified atom stereocenters. The average molecular weight is 218 g/mol. The third-order valence-corrected chi connectivity index (χ3v) is 2.98. The van der Waals surface area contributed by atoms with E-state index in [2.05, 4.69) is 30.8 Å². The summed E-state index contributed by atoms with van der Waals surface area (Å²) < 4.78 is 0. The normalized spacial score (nSPS) is 16.1. The van der Waals surface area contributed by atoms with Crippen LogP contribution in [0.5, 0.6) is 0 Å². The topological polar surface area (TPSA) is 78.5 Å². The molecule has 1 aliphatic rings. The smallest absolute Gasteiger partial charge is 0.226 e. The van der Waals surface area contributed by atoms with Gasteiger partial charge in [-0.05, 0) is 19.3 Å². The first-order valence-electron chi connectivity index (χ1n) is 5.52. The number of rotatable bonds is 3. The molecule has 0 spiro atoms. The Morgan fingerprint density at radius 2 is 2.25 bits per heavy atom. The quantitative estimate of drug-likeness (QED) is 0.725. The molecule has 1 aliphatic carbocycles. The molecule has 1 fully saturated rings. The lowest BCUT2D eigenvalue weighted by molar-refractivity contribution is 0.445. The SMILES string of the molecule is CNc1nc(NC2CCC2)c2cn[nH]c2n1. The third-order valence-electron chi connectivity index (χ3n) is 2.98. The van der Waals surface area contributed by atoms with Crippen LogP contribution >= 0.6 is 0 Å². The first kappa shape index (κ1) is 9.38. The van der Waals surface area contributed by atoms with Crippen molar-refractivity contribution < 1.29 is 0 Å². The van der Waals surface area contributed by atoms with Crippen LogP contribution in [0, 0.1) is 0 Å². The molecule has 0 bridgehead atoms. The molecule has 1 saturated carbocycles. The van der Waals surface area contributed by atoms with Crippen molar-refractivity contribution in [2.75, 3.05) is 17.7 Å². The molecule has 6 nitrogen and oxygen atoms in total. The second-order valence-corrected chi connectivity index (χ2v) is 4.05. The molecule has 0 aromatic carbocycles. The Bertz CT molecular complexity index is 501. The number of hydrogen-bond acceptors (Lipinski definition) is 5. The summed E-state index contributed by atoms with van der Waals surface area (Å²) in [6.07, 6.45) is 5.50. The molecule has 0 aliphatic heterocycles. The van der Waals surface area contributed by atoms with E-state index in [4.69, 9.17) is 0 Å². The fourth-order valence-corrected chi connectivity index (χ4v) is 1.80. The fourth-order valence-electron chi connectivity index (χ4n) is 1.80. The summed E-state index contributed by atoms with van der Waals surface area (Å²) in [6.45, 7) is 0. The summed E-state index contributed by atoms with van der Waals surface area (Å²) in [5.74, 6) is 1.48. The summed E-state index contributed by atoms with van der Waals surface area (Å²) >= 11 is 0. The lowest BCUT2D eigenvalue weighted by Crippen LogP contribution is -2.27. The molecule has 6 heteroatoms. The highest BCUT2D eigenvalue weighted by Gasteiger charge is 2.19. The minimum atomic E-state index is 0.553. The minimum Gasteiger partial charge on any atom is -0.367 e. The van der Waals surface area contributed by atoms with Gasteiger partial charge in [-0.25, -0.2) is 0 Å². The van der Waals surface area contributed by atoms with Crippen molar-refractivity contribution in [3.05, 3.63) is 6.20 Å². The Morgan fingerprint density at radius 1 is 1.38 bits per heavy atom. The standard InChI is InChI=1S/C10H14N6/c1-11-10-14-8(13-6-3-2-4-6)7-5-12-16-9(7)15-10/h5-6H,2-4H2,1H3,(H3,11,12,13,14,15,16). The Labute approximate surface area is 92.9 Å². The zero-order valence-corrected chi connectivity index (χ0v) is 9.12. The Morgan fingerprint density at radius 3 is 2.94 bits per heavy atom. The van der Waals surface area contributed by atoms with E-state index in [0.29, 0.717) is 12.0 Å². The van der Waals surface area contributed by atoms with Crippen LogP contribution in [0.1, 0.15) is 19.3 Å². The predicted molar refractivity (Wildman–Crippen MR) is 62.5 cm³/mol.